The van der Waals surface area contributed by atoms with Gasteiger partial charge >= 0.3 is 0 Å². The number of fused-ring (bicyclic) bond motifs is 6. The molecule has 0 unspecified atom stereocenters. The van der Waals surface area contributed by atoms with Crippen molar-refractivity contribution < 1.29 is 9.85 Å². The van der Waals surface area contributed by atoms with Gasteiger partial charge in [0, 0.05) is 40.4 Å². The Bertz CT molecular complexity index is 2360. The number of unbranched alkanes of at least 4 members (excludes halogenated alkanes) is 4. The van der Waals surface area contributed by atoms with Crippen molar-refractivity contribution in [2.45, 2.75) is 65.2 Å². The minimum absolute atomic E-state index is 0.0763. The van der Waals surface area contributed by atoms with E-state index in [0.29, 0.717) is 0 Å². The average molecular weight is 651 g/mol. The molecule has 8 heteroatoms. The second-order valence-corrected chi connectivity index (χ2v) is 12.9. The third kappa shape index (κ3) is 6.10. The first-order chi connectivity index (χ1) is 23.9. The van der Waals surface area contributed by atoms with Gasteiger partial charge in [0.05, 0.1) is 26.4 Å². The number of aryl methyl sites for hydroxylation is 2. The molecular formula is C41H38N4O4. The molecule has 3 heterocycles. The molecule has 0 aliphatic carbocycles. The number of nitro benzene ring substituents is 2. The highest BCUT2D eigenvalue weighted by molar-refractivity contribution is 6.02. The van der Waals surface area contributed by atoms with Crippen molar-refractivity contribution in [3.8, 4) is 22.3 Å². The summed E-state index contributed by atoms with van der Waals surface area (Å²) in [7, 11) is 0. The summed E-state index contributed by atoms with van der Waals surface area (Å²) in [5, 5.41) is 25.8. The molecule has 49 heavy (non-hydrogen) atoms. The minimum Gasteiger partial charge on any atom is -0.294 e. The molecule has 0 N–H and O–H groups in total. The van der Waals surface area contributed by atoms with Gasteiger partial charge in [-0.1, -0.05) is 51.7 Å². The molecule has 8 nitrogen and oxygen atoms in total. The number of nitro groups is 2. The van der Waals surface area contributed by atoms with Crippen molar-refractivity contribution in [2.75, 3.05) is 0 Å². The van der Waals surface area contributed by atoms with Gasteiger partial charge in [-0.15, -0.1) is 0 Å². The van der Waals surface area contributed by atoms with Gasteiger partial charge in [-0.25, -0.2) is 4.98 Å². The topological polar surface area (TPSA) is 104 Å². The third-order valence-electron chi connectivity index (χ3n) is 9.69. The van der Waals surface area contributed by atoms with Crippen LogP contribution in [0, 0.1) is 20.2 Å². The van der Waals surface area contributed by atoms with Crippen LogP contribution in [0.2, 0.25) is 0 Å². The fraction of sp³-hybridized carbons (Fsp3) is 0.244. The Morgan fingerprint density at radius 3 is 1.67 bits per heavy atom. The highest BCUT2D eigenvalue weighted by atomic mass is 16.6. The van der Waals surface area contributed by atoms with Crippen LogP contribution in [-0.4, -0.2) is 19.2 Å². The van der Waals surface area contributed by atoms with Crippen molar-refractivity contribution >= 4 is 49.7 Å². The molecule has 0 saturated heterocycles. The van der Waals surface area contributed by atoms with E-state index >= 15 is 0 Å². The number of hydrogen-bond acceptors (Lipinski definition) is 5. The first kappa shape index (κ1) is 31.9. The largest absolute Gasteiger partial charge is 0.294 e. The predicted molar refractivity (Wildman–Crippen MR) is 198 cm³/mol. The van der Waals surface area contributed by atoms with E-state index in [-0.39, 0.29) is 21.2 Å². The number of benzene rings is 4. The zero-order valence-corrected chi connectivity index (χ0v) is 27.8. The van der Waals surface area contributed by atoms with Crippen molar-refractivity contribution in [1.29, 1.82) is 0 Å². The first-order valence-corrected chi connectivity index (χ1v) is 17.2. The van der Waals surface area contributed by atoms with Crippen LogP contribution in [0.15, 0.2) is 97.1 Å². The molecule has 7 rings (SSSR count). The molecule has 4 aromatic carbocycles. The maximum absolute atomic E-state index is 11.2. The van der Waals surface area contributed by atoms with Gasteiger partial charge in [0.25, 0.3) is 11.4 Å². The number of nitrogens with zero attached hydrogens (tertiary/aromatic N) is 4. The Morgan fingerprint density at radius 2 is 1.10 bits per heavy atom. The molecule has 3 aromatic heterocycles. The molecule has 246 valence electrons. The van der Waals surface area contributed by atoms with Crippen LogP contribution < -0.4 is 0 Å². The van der Waals surface area contributed by atoms with Gasteiger partial charge in [-0.2, -0.15) is 0 Å². The summed E-state index contributed by atoms with van der Waals surface area (Å²) < 4.78 is 2.33. The summed E-state index contributed by atoms with van der Waals surface area (Å²) in [4.78, 5) is 27.1. The summed E-state index contributed by atoms with van der Waals surface area (Å²) in [5.74, 6) is 0. The Kier molecular flexibility index (Phi) is 8.78. The van der Waals surface area contributed by atoms with Crippen molar-refractivity contribution in [1.82, 2.24) is 9.38 Å². The Morgan fingerprint density at radius 1 is 0.571 bits per heavy atom. The van der Waals surface area contributed by atoms with E-state index < -0.39 is 0 Å². The molecule has 0 bridgehead atoms. The number of aromatic nitrogens is 2. The fourth-order valence-corrected chi connectivity index (χ4v) is 7.12. The molecule has 7 aromatic rings. The zero-order valence-electron chi connectivity index (χ0n) is 27.8. The van der Waals surface area contributed by atoms with Gasteiger partial charge in [0.1, 0.15) is 5.65 Å². The summed E-state index contributed by atoms with van der Waals surface area (Å²) in [6.07, 6.45) is 8.80. The summed E-state index contributed by atoms with van der Waals surface area (Å²) in [6, 6.07) is 30.7. The number of rotatable bonds is 12. The third-order valence-corrected chi connectivity index (χ3v) is 9.69. The van der Waals surface area contributed by atoms with E-state index in [4.69, 9.17) is 4.98 Å². The molecule has 0 aliphatic rings. The lowest BCUT2D eigenvalue weighted by Gasteiger charge is -2.18. The lowest BCUT2D eigenvalue weighted by Crippen LogP contribution is -2.04. The smallest absolute Gasteiger partial charge is 0.269 e. The Labute approximate surface area is 284 Å². The molecular weight excluding hydrogens is 612 g/mol. The van der Waals surface area contributed by atoms with Crippen LogP contribution in [0.25, 0.3) is 60.6 Å². The van der Waals surface area contributed by atoms with Crippen LogP contribution in [0.1, 0.15) is 63.5 Å². The van der Waals surface area contributed by atoms with E-state index in [9.17, 15) is 20.2 Å². The highest BCUT2D eigenvalue weighted by Crippen LogP contribution is 2.37. The number of hydrogen-bond donors (Lipinski definition) is 0. The monoisotopic (exact) mass is 650 g/mol. The van der Waals surface area contributed by atoms with Crippen LogP contribution in [0.3, 0.4) is 0 Å². The minimum atomic E-state index is -0.374. The van der Waals surface area contributed by atoms with Crippen LogP contribution in [0.5, 0.6) is 0 Å². The van der Waals surface area contributed by atoms with Crippen LogP contribution >= 0.6 is 0 Å². The van der Waals surface area contributed by atoms with Crippen LogP contribution in [-0.2, 0) is 12.8 Å². The molecule has 0 fully saturated rings. The molecule has 0 aliphatic heterocycles. The lowest BCUT2D eigenvalue weighted by atomic mass is 9.93. The lowest BCUT2D eigenvalue weighted by molar-refractivity contribution is -0.385. The second-order valence-electron chi connectivity index (χ2n) is 12.9. The van der Waals surface area contributed by atoms with Gasteiger partial charge in [-0.05, 0) is 120 Å². The molecule has 0 saturated carbocycles. The summed E-state index contributed by atoms with van der Waals surface area (Å²) in [5.41, 5.74) is 10.9. The zero-order chi connectivity index (χ0) is 34.1. The maximum atomic E-state index is 11.2. The van der Waals surface area contributed by atoms with E-state index in [2.05, 4.69) is 54.6 Å². The number of pyridine rings is 2. The standard InChI is InChI=1S/C41H38N4O4/c1-3-5-7-9-35-36(10-8-6-4-2)40-26-32-24-30(28-13-19-34(20-14-28)45(48)49)16-22-39(32)43(40)41-37(35)25-31-23-29(15-21-38(31)42-41)27-11-17-33(18-12-27)44(46)47/h11-26H,3-10H2,1-2H3. The summed E-state index contributed by atoms with van der Waals surface area (Å²) in [6.45, 7) is 4.47. The molecule has 0 amide bonds. The van der Waals surface area contributed by atoms with Gasteiger partial charge in [0.15, 0.2) is 0 Å². The van der Waals surface area contributed by atoms with E-state index in [1.165, 1.54) is 22.0 Å². The highest BCUT2D eigenvalue weighted by Gasteiger charge is 2.20. The predicted octanol–water partition coefficient (Wildman–Crippen LogP) is 11.4. The Balaban J connectivity index is 1.45. The van der Waals surface area contributed by atoms with Gasteiger partial charge in [0.2, 0.25) is 0 Å². The fourth-order valence-electron chi connectivity index (χ4n) is 7.12. The average Bonchev–Trinajstić information content (AvgIpc) is 3.50. The second kappa shape index (κ2) is 13.5. The molecule has 0 radical (unpaired) electrons. The van der Waals surface area contributed by atoms with Crippen LogP contribution in [0.4, 0.5) is 11.4 Å². The van der Waals surface area contributed by atoms with E-state index in [0.717, 1.165) is 101 Å². The van der Waals surface area contributed by atoms with Gasteiger partial charge in [-0.3, -0.25) is 24.6 Å². The van der Waals surface area contributed by atoms with E-state index in [1.54, 1.807) is 36.4 Å². The van der Waals surface area contributed by atoms with E-state index in [1.807, 2.05) is 24.3 Å². The quantitative estimate of drug-likeness (QED) is 0.0566. The van der Waals surface area contributed by atoms with Crippen molar-refractivity contribution in [3.05, 3.63) is 128 Å². The Hall–Kier alpha value is -5.63. The normalized spacial score (nSPS) is 11.6. The maximum Gasteiger partial charge on any atom is 0.269 e. The molecule has 0 spiro atoms. The number of non-ortho nitro benzene ring substituents is 2. The van der Waals surface area contributed by atoms with Crippen molar-refractivity contribution in [2.24, 2.45) is 0 Å². The van der Waals surface area contributed by atoms with Gasteiger partial charge < -0.3 is 0 Å². The molecule has 0 atom stereocenters. The SMILES string of the molecule is CCCCCc1c(CCCCC)c2cc3cc(-c4ccc([N+](=O)[O-])cc4)ccc3n2c2nc3ccc(-c4ccc([N+](=O)[O-])cc4)cc3cc12. The van der Waals surface area contributed by atoms with Crippen molar-refractivity contribution in [3.63, 3.8) is 0 Å². The summed E-state index contributed by atoms with van der Waals surface area (Å²) >= 11 is 0. The first-order valence-electron chi connectivity index (χ1n) is 17.2.